The number of allylic oxidation sites excluding steroid dienone is 1. The minimum absolute atomic E-state index is 0. The van der Waals surface area contributed by atoms with Crippen LogP contribution in [0.15, 0.2) is 54.4 Å². The van der Waals surface area contributed by atoms with Crippen molar-refractivity contribution >= 4 is 30.1 Å². The van der Waals surface area contributed by atoms with Crippen LogP contribution in [-0.4, -0.2) is 10.9 Å². The third kappa shape index (κ3) is 5.06. The smallest absolute Gasteiger partial charge is 0.0434 e. The first-order valence-electron chi connectivity index (χ1n) is 5.99. The van der Waals surface area contributed by atoms with Crippen LogP contribution in [0.2, 0.25) is 0 Å². The molecule has 0 N–H and O–H groups in total. The zero-order valence-electron chi connectivity index (χ0n) is 10.8. The lowest BCUT2D eigenvalue weighted by Gasteiger charge is -2.02. The second kappa shape index (κ2) is 7.98. The summed E-state index contributed by atoms with van der Waals surface area (Å²) in [6.07, 6.45) is 6.74. The van der Waals surface area contributed by atoms with E-state index in [-0.39, 0.29) is 12.4 Å². The third-order valence-corrected chi connectivity index (χ3v) is 3.16. The van der Waals surface area contributed by atoms with Gasteiger partial charge in [0.05, 0.1) is 0 Å². The fraction of sp³-hybridized carbons (Fsp3) is 0.188. The van der Waals surface area contributed by atoms with Crippen molar-refractivity contribution in [2.75, 3.05) is 5.88 Å². The van der Waals surface area contributed by atoms with Crippen LogP contribution in [0.4, 0.5) is 0 Å². The predicted molar refractivity (Wildman–Crippen MR) is 85.1 cm³/mol. The lowest BCUT2D eigenvalue weighted by molar-refractivity contribution is 1.14. The Labute approximate surface area is 125 Å². The molecule has 0 atom stereocenters. The molecule has 1 nitrogen and oxygen atoms in total. The lowest BCUT2D eigenvalue weighted by atomic mass is 10.0. The van der Waals surface area contributed by atoms with Gasteiger partial charge in [0, 0.05) is 18.3 Å². The average Bonchev–Trinajstić information content (AvgIpc) is 2.42. The van der Waals surface area contributed by atoms with E-state index in [2.05, 4.69) is 41.4 Å². The van der Waals surface area contributed by atoms with Crippen LogP contribution in [0.1, 0.15) is 23.6 Å². The van der Waals surface area contributed by atoms with E-state index < -0.39 is 0 Å². The quantitative estimate of drug-likeness (QED) is 0.742. The predicted octanol–water partition coefficient (Wildman–Crippen LogP) is 4.74. The first kappa shape index (κ1) is 15.7. The number of hydrogen-bond acceptors (Lipinski definition) is 1. The summed E-state index contributed by atoms with van der Waals surface area (Å²) in [5.74, 6) is 0.581. The molecular weight excluding hydrogens is 277 g/mol. The minimum atomic E-state index is 0. The molecule has 0 spiro atoms. The van der Waals surface area contributed by atoms with Crippen molar-refractivity contribution in [1.82, 2.24) is 4.98 Å². The summed E-state index contributed by atoms with van der Waals surface area (Å²) in [6.45, 7) is 2.04. The van der Waals surface area contributed by atoms with Crippen LogP contribution in [-0.2, 0) is 6.42 Å². The van der Waals surface area contributed by atoms with Crippen molar-refractivity contribution in [2.45, 2.75) is 13.3 Å². The maximum Gasteiger partial charge on any atom is 0.0434 e. The Morgan fingerprint density at radius 2 is 1.89 bits per heavy atom. The topological polar surface area (TPSA) is 12.9 Å². The summed E-state index contributed by atoms with van der Waals surface area (Å²) in [5.41, 5.74) is 4.90. The molecule has 0 radical (unpaired) electrons. The summed E-state index contributed by atoms with van der Waals surface area (Å²) in [7, 11) is 0. The van der Waals surface area contributed by atoms with Crippen molar-refractivity contribution in [1.29, 1.82) is 0 Å². The normalized spacial score (nSPS) is 10.9. The molecule has 0 aliphatic rings. The van der Waals surface area contributed by atoms with E-state index in [0.29, 0.717) is 5.88 Å². The summed E-state index contributed by atoms with van der Waals surface area (Å²) < 4.78 is 0. The zero-order valence-corrected chi connectivity index (χ0v) is 12.4. The Balaban J connectivity index is 0.00000180. The molecule has 0 aliphatic heterocycles. The number of benzene rings is 1. The largest absolute Gasteiger partial charge is 0.264 e. The van der Waals surface area contributed by atoms with Gasteiger partial charge in [-0.2, -0.15) is 0 Å². The zero-order chi connectivity index (χ0) is 12.8. The van der Waals surface area contributed by atoms with Gasteiger partial charge < -0.3 is 0 Å². The number of hydrogen-bond donors (Lipinski definition) is 0. The Hall–Kier alpha value is -1.31. The second-order valence-corrected chi connectivity index (χ2v) is 4.67. The Morgan fingerprint density at radius 3 is 2.47 bits per heavy atom. The number of halogens is 2. The van der Waals surface area contributed by atoms with Crippen LogP contribution in [0.5, 0.6) is 0 Å². The fourth-order valence-electron chi connectivity index (χ4n) is 1.79. The summed E-state index contributed by atoms with van der Waals surface area (Å²) in [5, 5.41) is 0. The van der Waals surface area contributed by atoms with E-state index in [9.17, 15) is 0 Å². The number of pyridine rings is 1. The lowest BCUT2D eigenvalue weighted by Crippen LogP contribution is -1.88. The first-order chi connectivity index (χ1) is 8.78. The van der Waals surface area contributed by atoms with Crippen molar-refractivity contribution in [3.8, 4) is 0 Å². The Morgan fingerprint density at radius 1 is 1.16 bits per heavy atom. The van der Waals surface area contributed by atoms with Gasteiger partial charge in [-0.15, -0.1) is 24.0 Å². The molecule has 0 unspecified atom stereocenters. The molecule has 100 valence electrons. The highest BCUT2D eigenvalue weighted by atomic mass is 35.5. The van der Waals surface area contributed by atoms with E-state index in [1.807, 2.05) is 19.2 Å². The molecule has 0 aliphatic carbocycles. The fourth-order valence-corrected chi connectivity index (χ4v) is 1.87. The Bertz CT molecular complexity index is 518. The van der Waals surface area contributed by atoms with Gasteiger partial charge in [-0.05, 0) is 36.1 Å². The van der Waals surface area contributed by atoms with Crippen LogP contribution >= 0.6 is 24.0 Å². The molecule has 2 aromatic rings. The molecular formula is C16H17Cl2N. The molecule has 0 bridgehead atoms. The maximum absolute atomic E-state index is 5.77. The number of alkyl halides is 1. The molecule has 1 aromatic heterocycles. The van der Waals surface area contributed by atoms with Crippen LogP contribution in [0.25, 0.3) is 6.08 Å². The van der Waals surface area contributed by atoms with Gasteiger partial charge in [0.25, 0.3) is 0 Å². The van der Waals surface area contributed by atoms with Gasteiger partial charge in [-0.3, -0.25) is 4.98 Å². The molecule has 1 aromatic carbocycles. The molecule has 0 fully saturated rings. The highest BCUT2D eigenvalue weighted by Gasteiger charge is 1.96. The molecule has 0 saturated carbocycles. The second-order valence-electron chi connectivity index (χ2n) is 4.40. The highest BCUT2D eigenvalue weighted by molar-refractivity contribution is 6.19. The standard InChI is InChI=1S/C16H16ClN.ClH/c1-13(11-17)9-14-4-6-15(7-5-14)10-16-3-2-8-18-12-16;/h2-9,12H,10-11H2,1H3;1H/b13-9+;. The monoisotopic (exact) mass is 293 g/mol. The molecule has 19 heavy (non-hydrogen) atoms. The molecule has 0 amide bonds. The number of aromatic nitrogens is 1. The van der Waals surface area contributed by atoms with Crippen molar-refractivity contribution in [2.24, 2.45) is 0 Å². The Kier molecular flexibility index (Phi) is 6.61. The summed E-state index contributed by atoms with van der Waals surface area (Å²) in [6, 6.07) is 12.6. The maximum atomic E-state index is 5.77. The van der Waals surface area contributed by atoms with Crippen LogP contribution in [0, 0.1) is 0 Å². The minimum Gasteiger partial charge on any atom is -0.264 e. The summed E-state index contributed by atoms with van der Waals surface area (Å²) >= 11 is 5.77. The van der Waals surface area contributed by atoms with Gasteiger partial charge in [0.15, 0.2) is 0 Å². The van der Waals surface area contributed by atoms with Gasteiger partial charge in [0.2, 0.25) is 0 Å². The van der Waals surface area contributed by atoms with Crippen LogP contribution in [0.3, 0.4) is 0 Å². The van der Waals surface area contributed by atoms with E-state index in [4.69, 9.17) is 11.6 Å². The molecule has 0 saturated heterocycles. The number of rotatable bonds is 4. The van der Waals surface area contributed by atoms with Gasteiger partial charge >= 0.3 is 0 Å². The van der Waals surface area contributed by atoms with E-state index in [1.165, 1.54) is 22.3 Å². The van der Waals surface area contributed by atoms with Crippen molar-refractivity contribution in [3.05, 3.63) is 71.1 Å². The van der Waals surface area contributed by atoms with Crippen molar-refractivity contribution in [3.63, 3.8) is 0 Å². The molecule has 1 heterocycles. The highest BCUT2D eigenvalue weighted by Crippen LogP contribution is 2.12. The van der Waals surface area contributed by atoms with Gasteiger partial charge in [0.1, 0.15) is 0 Å². The first-order valence-corrected chi connectivity index (χ1v) is 6.52. The third-order valence-electron chi connectivity index (χ3n) is 2.73. The average molecular weight is 294 g/mol. The van der Waals surface area contributed by atoms with E-state index >= 15 is 0 Å². The van der Waals surface area contributed by atoms with Gasteiger partial charge in [-0.1, -0.05) is 42.0 Å². The molecule has 3 heteroatoms. The van der Waals surface area contributed by atoms with Gasteiger partial charge in [-0.25, -0.2) is 0 Å². The number of nitrogens with zero attached hydrogens (tertiary/aromatic N) is 1. The summed E-state index contributed by atoms with van der Waals surface area (Å²) in [4.78, 5) is 4.12. The van der Waals surface area contributed by atoms with E-state index in [1.54, 1.807) is 6.20 Å². The SMILES string of the molecule is C/C(=C\c1ccc(Cc2cccnc2)cc1)CCl.Cl. The van der Waals surface area contributed by atoms with E-state index in [0.717, 1.165) is 6.42 Å². The van der Waals surface area contributed by atoms with Crippen molar-refractivity contribution < 1.29 is 0 Å². The molecule has 2 rings (SSSR count). The van der Waals surface area contributed by atoms with Crippen LogP contribution < -0.4 is 0 Å².